The number of aliphatic imine (C=N–C) groups is 2. The van der Waals surface area contributed by atoms with Crippen molar-refractivity contribution in [2.24, 2.45) is 15.7 Å². The lowest BCUT2D eigenvalue weighted by atomic mass is 9.67. The van der Waals surface area contributed by atoms with E-state index in [1.807, 2.05) is 48.5 Å². The van der Waals surface area contributed by atoms with Crippen LogP contribution in [-0.2, 0) is 5.41 Å². The summed E-state index contributed by atoms with van der Waals surface area (Å²) in [6.07, 6.45) is 0. The Hall–Kier alpha value is -6.58. The monoisotopic (exact) mass is 641 g/mol. The lowest BCUT2D eigenvalue weighted by Crippen LogP contribution is -2.28. The highest BCUT2D eigenvalue weighted by atomic mass is 15.0. The third kappa shape index (κ3) is 5.45. The second kappa shape index (κ2) is 13.1. The summed E-state index contributed by atoms with van der Waals surface area (Å²) in [5, 5.41) is 0. The van der Waals surface area contributed by atoms with Gasteiger partial charge in [-0.1, -0.05) is 189 Å². The molecule has 8 rings (SSSR count). The zero-order valence-electron chi connectivity index (χ0n) is 27.6. The minimum absolute atomic E-state index is 0.387. The molecule has 7 aromatic carbocycles. The van der Waals surface area contributed by atoms with Crippen LogP contribution in [0.4, 0.5) is 0 Å². The van der Waals surface area contributed by atoms with Gasteiger partial charge in [-0.05, 0) is 56.1 Å². The van der Waals surface area contributed by atoms with Crippen molar-refractivity contribution in [1.29, 1.82) is 0 Å². The first-order chi connectivity index (χ1) is 24.6. The zero-order valence-corrected chi connectivity index (χ0v) is 27.6. The fourth-order valence-electron chi connectivity index (χ4n) is 7.20. The number of fused-ring (bicyclic) bond motifs is 3. The third-order valence-corrected chi connectivity index (χ3v) is 9.58. The molecule has 1 aliphatic rings. The second-order valence-corrected chi connectivity index (χ2v) is 12.5. The highest BCUT2D eigenvalue weighted by Crippen LogP contribution is 2.56. The van der Waals surface area contributed by atoms with Crippen LogP contribution in [0, 0.1) is 0 Å². The quantitative estimate of drug-likeness (QED) is 0.137. The maximum atomic E-state index is 6.69. The standard InChI is InChI=1S/C47H35N3/c1-33(34-26-28-36(29-27-34)35-16-6-2-7-17-35)49-46(50-45(48)37-18-8-3-9-19-37)38-30-31-42-41-24-14-15-25-43(41)47(44(42)32-38,39-20-10-4-11-21-39)40-22-12-5-13-23-40/h2-32H,1H2,(H2,48,49,50). The molecule has 1 aliphatic carbocycles. The van der Waals surface area contributed by atoms with E-state index in [-0.39, 0.29) is 0 Å². The lowest BCUT2D eigenvalue weighted by molar-refractivity contribution is 0.768. The molecule has 3 heteroatoms. The van der Waals surface area contributed by atoms with E-state index in [1.165, 1.54) is 33.4 Å². The molecule has 0 radical (unpaired) electrons. The van der Waals surface area contributed by atoms with E-state index in [9.17, 15) is 0 Å². The van der Waals surface area contributed by atoms with E-state index >= 15 is 0 Å². The first-order valence-electron chi connectivity index (χ1n) is 16.8. The average molecular weight is 642 g/mol. The fourth-order valence-corrected chi connectivity index (χ4v) is 7.20. The number of hydrogen-bond acceptors (Lipinski definition) is 1. The molecule has 0 fully saturated rings. The van der Waals surface area contributed by atoms with Crippen LogP contribution in [0.5, 0.6) is 0 Å². The molecule has 0 saturated heterocycles. The third-order valence-electron chi connectivity index (χ3n) is 9.58. The summed E-state index contributed by atoms with van der Waals surface area (Å²) in [4.78, 5) is 10.1. The lowest BCUT2D eigenvalue weighted by Gasteiger charge is -2.34. The van der Waals surface area contributed by atoms with Gasteiger partial charge in [0.25, 0.3) is 0 Å². The van der Waals surface area contributed by atoms with Crippen molar-refractivity contribution in [3.63, 3.8) is 0 Å². The van der Waals surface area contributed by atoms with E-state index in [1.54, 1.807) is 0 Å². The average Bonchev–Trinajstić information content (AvgIpc) is 3.49. The van der Waals surface area contributed by atoms with Crippen molar-refractivity contribution in [2.45, 2.75) is 5.41 Å². The molecule has 0 heterocycles. The highest BCUT2D eigenvalue weighted by molar-refractivity contribution is 6.12. The van der Waals surface area contributed by atoms with Crippen molar-refractivity contribution >= 4 is 17.4 Å². The molecule has 0 saturated carbocycles. The van der Waals surface area contributed by atoms with Crippen LogP contribution in [0.15, 0.2) is 205 Å². The van der Waals surface area contributed by atoms with Gasteiger partial charge in [0.05, 0.1) is 11.1 Å². The van der Waals surface area contributed by atoms with Crippen LogP contribution in [-0.4, -0.2) is 11.7 Å². The molecule has 7 aromatic rings. The van der Waals surface area contributed by atoms with Gasteiger partial charge in [-0.15, -0.1) is 0 Å². The predicted molar refractivity (Wildman–Crippen MR) is 208 cm³/mol. The normalized spacial score (nSPS) is 13.4. The van der Waals surface area contributed by atoms with Crippen LogP contribution in [0.2, 0.25) is 0 Å². The topological polar surface area (TPSA) is 50.7 Å². The number of rotatable bonds is 7. The largest absolute Gasteiger partial charge is 0.383 e. The SMILES string of the molecule is C=C(N=C(N=C(N)c1ccccc1)c1ccc2c(c1)C(c1ccccc1)(c1ccccc1)c1ccccc1-2)c1ccc(-c2ccccc2)cc1. The summed E-state index contributed by atoms with van der Waals surface area (Å²) < 4.78 is 0. The van der Waals surface area contributed by atoms with Gasteiger partial charge in [-0.3, -0.25) is 0 Å². The minimum atomic E-state index is -0.547. The first-order valence-corrected chi connectivity index (χ1v) is 16.8. The Morgan fingerprint density at radius 3 is 1.58 bits per heavy atom. The van der Waals surface area contributed by atoms with Crippen molar-refractivity contribution in [3.8, 4) is 22.3 Å². The summed E-state index contributed by atoms with van der Waals surface area (Å²) in [6, 6.07) is 65.3. The summed E-state index contributed by atoms with van der Waals surface area (Å²) in [5.74, 6) is 0.884. The molecule has 238 valence electrons. The number of nitrogens with two attached hydrogens (primary N) is 1. The molecule has 0 aromatic heterocycles. The van der Waals surface area contributed by atoms with Gasteiger partial charge < -0.3 is 5.73 Å². The maximum absolute atomic E-state index is 6.69. The van der Waals surface area contributed by atoms with Crippen molar-refractivity contribution in [2.75, 3.05) is 0 Å². The molecule has 0 atom stereocenters. The van der Waals surface area contributed by atoms with E-state index < -0.39 is 5.41 Å². The van der Waals surface area contributed by atoms with Crippen molar-refractivity contribution < 1.29 is 0 Å². The van der Waals surface area contributed by atoms with Crippen molar-refractivity contribution in [3.05, 3.63) is 234 Å². The zero-order chi connectivity index (χ0) is 33.9. The molecule has 3 nitrogen and oxygen atoms in total. The Balaban J connectivity index is 1.31. The van der Waals surface area contributed by atoms with E-state index in [2.05, 4.69) is 146 Å². The number of hydrogen-bond donors (Lipinski definition) is 1. The summed E-state index contributed by atoms with van der Waals surface area (Å²) in [7, 11) is 0. The summed E-state index contributed by atoms with van der Waals surface area (Å²) in [5.41, 5.74) is 18.9. The van der Waals surface area contributed by atoms with Gasteiger partial charge in [-0.2, -0.15) is 0 Å². The van der Waals surface area contributed by atoms with Gasteiger partial charge in [0.1, 0.15) is 5.84 Å². The van der Waals surface area contributed by atoms with Crippen molar-refractivity contribution in [1.82, 2.24) is 0 Å². The van der Waals surface area contributed by atoms with E-state index in [0.717, 1.165) is 27.8 Å². The summed E-state index contributed by atoms with van der Waals surface area (Å²) in [6.45, 7) is 4.40. The second-order valence-electron chi connectivity index (χ2n) is 12.5. The number of benzene rings is 7. The minimum Gasteiger partial charge on any atom is -0.383 e. The molecule has 0 bridgehead atoms. The number of amidine groups is 2. The van der Waals surface area contributed by atoms with E-state index in [4.69, 9.17) is 15.7 Å². The Morgan fingerprint density at radius 2 is 0.940 bits per heavy atom. The molecular formula is C47H35N3. The Labute approximate surface area is 293 Å². The van der Waals surface area contributed by atoms with Crippen LogP contribution in [0.3, 0.4) is 0 Å². The van der Waals surface area contributed by atoms with Crippen LogP contribution < -0.4 is 5.73 Å². The predicted octanol–water partition coefficient (Wildman–Crippen LogP) is 10.5. The first kappa shape index (κ1) is 30.7. The molecule has 50 heavy (non-hydrogen) atoms. The van der Waals surface area contributed by atoms with Gasteiger partial charge in [0, 0.05) is 11.1 Å². The Kier molecular flexibility index (Phi) is 8.08. The van der Waals surface area contributed by atoms with Gasteiger partial charge in [0.2, 0.25) is 0 Å². The highest BCUT2D eigenvalue weighted by Gasteiger charge is 2.46. The smallest absolute Gasteiger partial charge is 0.162 e. The Morgan fingerprint density at radius 1 is 0.440 bits per heavy atom. The van der Waals surface area contributed by atoms with Gasteiger partial charge in [0.15, 0.2) is 5.84 Å². The van der Waals surface area contributed by atoms with Crippen LogP contribution in [0.1, 0.15) is 38.9 Å². The number of nitrogens with zero attached hydrogens (tertiary/aromatic N) is 2. The molecule has 2 N–H and O–H groups in total. The van der Waals surface area contributed by atoms with Crippen LogP contribution in [0.25, 0.3) is 28.0 Å². The Bertz CT molecular complexity index is 2320. The molecule has 0 unspecified atom stereocenters. The molecular weight excluding hydrogens is 607 g/mol. The van der Waals surface area contributed by atoms with Gasteiger partial charge in [-0.25, -0.2) is 9.98 Å². The maximum Gasteiger partial charge on any atom is 0.162 e. The van der Waals surface area contributed by atoms with E-state index in [0.29, 0.717) is 17.4 Å². The molecule has 0 aliphatic heterocycles. The summed E-state index contributed by atoms with van der Waals surface area (Å²) >= 11 is 0. The van der Waals surface area contributed by atoms with Crippen LogP contribution >= 0.6 is 0 Å². The molecule has 0 spiro atoms. The molecule has 0 amide bonds. The fraction of sp³-hybridized carbons (Fsp3) is 0.0213. The van der Waals surface area contributed by atoms with Gasteiger partial charge >= 0.3 is 0 Å².